The summed E-state index contributed by atoms with van der Waals surface area (Å²) in [6, 6.07) is 0. The highest BCUT2D eigenvalue weighted by atomic mass is 35.5. The minimum atomic E-state index is 0.333. The molecular weight excluding hydrogens is 234 g/mol. The van der Waals surface area contributed by atoms with Crippen molar-refractivity contribution in [3.63, 3.8) is 0 Å². The molecule has 3 nitrogen and oxygen atoms in total. The van der Waals surface area contributed by atoms with Gasteiger partial charge in [-0.2, -0.15) is 5.10 Å². The summed E-state index contributed by atoms with van der Waals surface area (Å²) < 4.78 is 1.85. The van der Waals surface area contributed by atoms with E-state index >= 15 is 0 Å². The molecule has 1 atom stereocenters. The van der Waals surface area contributed by atoms with Gasteiger partial charge < -0.3 is 5.32 Å². The number of aryl methyl sites for hydroxylation is 2. The molecule has 0 aromatic carbocycles. The molecule has 1 heterocycles. The molecule has 0 saturated heterocycles. The Kier molecular flexibility index (Phi) is 4.62. The van der Waals surface area contributed by atoms with Crippen LogP contribution in [0.15, 0.2) is 0 Å². The molecule has 17 heavy (non-hydrogen) atoms. The van der Waals surface area contributed by atoms with Crippen molar-refractivity contribution in [2.75, 3.05) is 6.54 Å². The largest absolute Gasteiger partial charge is 0.311 e. The van der Waals surface area contributed by atoms with Crippen LogP contribution in [0, 0.1) is 18.3 Å². The van der Waals surface area contributed by atoms with E-state index in [0.717, 1.165) is 29.5 Å². The maximum Gasteiger partial charge on any atom is 0.0860 e. The van der Waals surface area contributed by atoms with Gasteiger partial charge in [0, 0.05) is 13.6 Å². The fraction of sp³-hybridized carbons (Fsp3) is 0.769. The smallest absolute Gasteiger partial charge is 0.0860 e. The van der Waals surface area contributed by atoms with E-state index in [9.17, 15) is 0 Å². The van der Waals surface area contributed by atoms with E-state index < -0.39 is 0 Å². The Labute approximate surface area is 110 Å². The molecule has 1 aromatic heterocycles. The zero-order valence-corrected chi connectivity index (χ0v) is 12.5. The monoisotopic (exact) mass is 257 g/mol. The number of rotatable bonds is 4. The average Bonchev–Trinajstić information content (AvgIpc) is 2.42. The molecule has 0 aliphatic carbocycles. The molecule has 0 spiro atoms. The van der Waals surface area contributed by atoms with Gasteiger partial charge in [-0.1, -0.05) is 39.3 Å². The Bertz CT molecular complexity index is 377. The molecule has 4 heteroatoms. The molecule has 0 bridgehead atoms. The van der Waals surface area contributed by atoms with Gasteiger partial charge in [0.1, 0.15) is 0 Å². The first-order valence-electron chi connectivity index (χ1n) is 6.12. The van der Waals surface area contributed by atoms with E-state index in [1.54, 1.807) is 0 Å². The highest BCUT2D eigenvalue weighted by molar-refractivity contribution is 6.31. The van der Waals surface area contributed by atoms with Gasteiger partial charge in [-0.25, -0.2) is 0 Å². The first kappa shape index (κ1) is 14.5. The maximum atomic E-state index is 6.20. The number of hydrogen-bond acceptors (Lipinski definition) is 2. The topological polar surface area (TPSA) is 29.9 Å². The lowest BCUT2D eigenvalue weighted by Crippen LogP contribution is -2.29. The number of halogens is 1. The summed E-state index contributed by atoms with van der Waals surface area (Å²) in [6.07, 6.45) is 0. The molecule has 0 saturated carbocycles. The van der Waals surface area contributed by atoms with Crippen LogP contribution in [-0.4, -0.2) is 16.3 Å². The number of nitrogens with zero attached hydrogens (tertiary/aromatic N) is 2. The van der Waals surface area contributed by atoms with Crippen LogP contribution in [-0.2, 0) is 13.6 Å². The van der Waals surface area contributed by atoms with Gasteiger partial charge >= 0.3 is 0 Å². The second-order valence-corrected chi connectivity index (χ2v) is 6.25. The predicted molar refractivity (Wildman–Crippen MR) is 73.3 cm³/mol. The molecule has 1 rings (SSSR count). The van der Waals surface area contributed by atoms with Gasteiger partial charge in [0.2, 0.25) is 0 Å². The number of aromatic nitrogens is 2. The van der Waals surface area contributed by atoms with Crippen LogP contribution in [0.1, 0.15) is 39.1 Å². The quantitative estimate of drug-likeness (QED) is 0.898. The van der Waals surface area contributed by atoms with Gasteiger partial charge in [-0.3, -0.25) is 4.68 Å². The molecular formula is C13H24ClN3. The third kappa shape index (κ3) is 3.71. The highest BCUT2D eigenvalue weighted by Crippen LogP contribution is 2.25. The van der Waals surface area contributed by atoms with Crippen molar-refractivity contribution in [1.29, 1.82) is 0 Å². The SMILES string of the molecule is Cc1nn(C)c(CNCC(C)C(C)(C)C)c1Cl. The second kappa shape index (κ2) is 5.40. The molecule has 0 amide bonds. The summed E-state index contributed by atoms with van der Waals surface area (Å²) in [6.45, 7) is 12.8. The lowest BCUT2D eigenvalue weighted by molar-refractivity contribution is 0.252. The Morgan fingerprint density at radius 2 is 2.00 bits per heavy atom. The third-order valence-corrected chi connectivity index (χ3v) is 3.97. The van der Waals surface area contributed by atoms with Crippen molar-refractivity contribution >= 4 is 11.6 Å². The third-order valence-electron chi connectivity index (χ3n) is 3.48. The van der Waals surface area contributed by atoms with Gasteiger partial charge in [0.25, 0.3) is 0 Å². The minimum Gasteiger partial charge on any atom is -0.311 e. The second-order valence-electron chi connectivity index (χ2n) is 5.87. The first-order valence-corrected chi connectivity index (χ1v) is 6.50. The molecule has 0 fully saturated rings. The van der Waals surface area contributed by atoms with Crippen LogP contribution in [0.2, 0.25) is 5.02 Å². The lowest BCUT2D eigenvalue weighted by atomic mass is 9.82. The van der Waals surface area contributed by atoms with Gasteiger partial charge in [0.05, 0.1) is 16.4 Å². The maximum absolute atomic E-state index is 6.20. The van der Waals surface area contributed by atoms with E-state index in [1.165, 1.54) is 0 Å². The predicted octanol–water partition coefficient (Wildman–Crippen LogP) is 3.15. The summed E-state index contributed by atoms with van der Waals surface area (Å²) in [4.78, 5) is 0. The molecule has 0 aliphatic rings. The van der Waals surface area contributed by atoms with Crippen molar-refractivity contribution in [3.8, 4) is 0 Å². The van der Waals surface area contributed by atoms with Gasteiger partial charge in [-0.05, 0) is 24.8 Å². The van der Waals surface area contributed by atoms with Crippen LogP contribution < -0.4 is 5.32 Å². The van der Waals surface area contributed by atoms with Crippen molar-refractivity contribution in [2.45, 2.75) is 41.2 Å². The van der Waals surface area contributed by atoms with Crippen molar-refractivity contribution in [3.05, 3.63) is 16.4 Å². The van der Waals surface area contributed by atoms with Crippen LogP contribution >= 0.6 is 11.6 Å². The Hall–Kier alpha value is -0.540. The van der Waals surface area contributed by atoms with E-state index in [1.807, 2.05) is 18.7 Å². The molecule has 0 aliphatic heterocycles. The Balaban J connectivity index is 2.52. The number of nitrogens with one attached hydrogen (secondary N) is 1. The Morgan fingerprint density at radius 1 is 1.41 bits per heavy atom. The standard InChI is InChI=1S/C13H24ClN3/c1-9(13(3,4)5)7-15-8-11-12(14)10(2)16-17(11)6/h9,15H,7-8H2,1-6H3. The normalized spacial score (nSPS) is 14.1. The van der Waals surface area contributed by atoms with E-state index in [2.05, 4.69) is 38.1 Å². The van der Waals surface area contributed by atoms with Crippen LogP contribution in [0.4, 0.5) is 0 Å². The van der Waals surface area contributed by atoms with Crippen LogP contribution in [0.25, 0.3) is 0 Å². The van der Waals surface area contributed by atoms with Crippen molar-refractivity contribution in [2.24, 2.45) is 18.4 Å². The lowest BCUT2D eigenvalue weighted by Gasteiger charge is -2.27. The van der Waals surface area contributed by atoms with Crippen LogP contribution in [0.3, 0.4) is 0 Å². The zero-order chi connectivity index (χ0) is 13.2. The summed E-state index contributed by atoms with van der Waals surface area (Å²) in [5, 5.41) is 8.54. The molecule has 98 valence electrons. The van der Waals surface area contributed by atoms with E-state index in [-0.39, 0.29) is 0 Å². The molecule has 1 unspecified atom stereocenters. The highest BCUT2D eigenvalue weighted by Gasteiger charge is 2.19. The van der Waals surface area contributed by atoms with E-state index in [0.29, 0.717) is 11.3 Å². The summed E-state index contributed by atoms with van der Waals surface area (Å²) in [5.74, 6) is 0.621. The Morgan fingerprint density at radius 3 is 2.41 bits per heavy atom. The summed E-state index contributed by atoms with van der Waals surface area (Å²) in [7, 11) is 1.93. The first-order chi connectivity index (χ1) is 7.73. The van der Waals surface area contributed by atoms with Crippen molar-refractivity contribution < 1.29 is 0 Å². The van der Waals surface area contributed by atoms with E-state index in [4.69, 9.17) is 11.6 Å². The summed E-state index contributed by atoms with van der Waals surface area (Å²) in [5.41, 5.74) is 2.29. The molecule has 0 radical (unpaired) electrons. The van der Waals surface area contributed by atoms with Crippen molar-refractivity contribution in [1.82, 2.24) is 15.1 Å². The zero-order valence-electron chi connectivity index (χ0n) is 11.8. The molecule has 1 N–H and O–H groups in total. The molecule has 1 aromatic rings. The summed E-state index contributed by atoms with van der Waals surface area (Å²) >= 11 is 6.20. The minimum absolute atomic E-state index is 0.333. The van der Waals surface area contributed by atoms with Gasteiger partial charge in [0.15, 0.2) is 0 Å². The fourth-order valence-corrected chi connectivity index (χ4v) is 1.81. The van der Waals surface area contributed by atoms with Gasteiger partial charge in [-0.15, -0.1) is 0 Å². The number of hydrogen-bond donors (Lipinski definition) is 1. The fourth-order valence-electron chi connectivity index (χ4n) is 1.59. The average molecular weight is 258 g/mol. The van der Waals surface area contributed by atoms with Crippen LogP contribution in [0.5, 0.6) is 0 Å².